The highest BCUT2D eigenvalue weighted by molar-refractivity contribution is 7.99. The molecule has 0 fully saturated rings. The van der Waals surface area contributed by atoms with Crippen molar-refractivity contribution in [2.75, 3.05) is 19.3 Å². The fourth-order valence-corrected chi connectivity index (χ4v) is 2.74. The molecule has 1 atom stereocenters. The van der Waals surface area contributed by atoms with Crippen LogP contribution >= 0.6 is 11.8 Å². The monoisotopic (exact) mass is 281 g/mol. The van der Waals surface area contributed by atoms with Gasteiger partial charge >= 0.3 is 5.97 Å². The first-order chi connectivity index (χ1) is 9.08. The Labute approximate surface area is 115 Å². The average molecular weight is 281 g/mol. The number of ether oxygens (including phenoxy) is 1. The first kappa shape index (κ1) is 13.7. The lowest BCUT2D eigenvalue weighted by Gasteiger charge is -2.28. The number of carbonyl (C=O) groups excluding carboxylic acids is 1. The van der Waals surface area contributed by atoms with Crippen molar-refractivity contribution in [1.29, 1.82) is 0 Å². The van der Waals surface area contributed by atoms with Crippen LogP contribution in [0.2, 0.25) is 0 Å². The first-order valence-corrected chi connectivity index (χ1v) is 6.91. The van der Waals surface area contributed by atoms with E-state index in [0.29, 0.717) is 11.5 Å². The molecule has 1 aromatic carbocycles. The summed E-state index contributed by atoms with van der Waals surface area (Å²) in [6, 6.07) is 7.57. The maximum Gasteiger partial charge on any atom is 0.305 e. The van der Waals surface area contributed by atoms with E-state index in [4.69, 9.17) is 9.84 Å². The highest BCUT2D eigenvalue weighted by Crippen LogP contribution is 2.35. The van der Waals surface area contributed by atoms with Crippen LogP contribution in [-0.4, -0.2) is 47.3 Å². The molecular formula is C13H15NO4S. The summed E-state index contributed by atoms with van der Waals surface area (Å²) in [5, 5.41) is 8.61. The Morgan fingerprint density at radius 2 is 2.21 bits per heavy atom. The molecule has 0 radical (unpaired) electrons. The summed E-state index contributed by atoms with van der Waals surface area (Å²) >= 11 is 1.58. The molecule has 0 saturated carbocycles. The molecule has 1 aromatic rings. The summed E-state index contributed by atoms with van der Waals surface area (Å²) in [5.41, 5.74) is 0. The van der Waals surface area contributed by atoms with Crippen LogP contribution in [0, 0.1) is 0 Å². The average Bonchev–Trinajstić information content (AvgIpc) is 2.43. The predicted molar refractivity (Wildman–Crippen MR) is 71.5 cm³/mol. The zero-order valence-corrected chi connectivity index (χ0v) is 11.4. The second-order valence-corrected chi connectivity index (χ2v) is 5.33. The quantitative estimate of drug-likeness (QED) is 0.905. The van der Waals surface area contributed by atoms with Gasteiger partial charge in [0.2, 0.25) is 0 Å². The SMILES string of the molecule is CN(CCC(=O)O)C(=O)C1CSc2ccccc2O1. The minimum atomic E-state index is -0.913. The second kappa shape index (κ2) is 5.97. The minimum absolute atomic E-state index is 0.0569. The van der Waals surface area contributed by atoms with Gasteiger partial charge in [-0.2, -0.15) is 0 Å². The van der Waals surface area contributed by atoms with Crippen LogP contribution in [0.3, 0.4) is 0 Å². The van der Waals surface area contributed by atoms with E-state index in [-0.39, 0.29) is 18.9 Å². The third-order valence-corrected chi connectivity index (χ3v) is 3.94. The van der Waals surface area contributed by atoms with Gasteiger partial charge in [-0.3, -0.25) is 9.59 Å². The first-order valence-electron chi connectivity index (χ1n) is 5.93. The summed E-state index contributed by atoms with van der Waals surface area (Å²) in [6.07, 6.45) is -0.600. The third-order valence-electron chi connectivity index (χ3n) is 2.82. The van der Waals surface area contributed by atoms with Crippen LogP contribution in [0.25, 0.3) is 0 Å². The fourth-order valence-electron chi connectivity index (χ4n) is 1.76. The fraction of sp³-hybridized carbons (Fsp3) is 0.385. The van der Waals surface area contributed by atoms with E-state index in [0.717, 1.165) is 4.90 Å². The molecule has 0 aliphatic carbocycles. The van der Waals surface area contributed by atoms with Crippen LogP contribution in [0.5, 0.6) is 5.75 Å². The lowest BCUT2D eigenvalue weighted by atomic mass is 10.3. The Bertz CT molecular complexity index is 491. The molecule has 2 rings (SSSR count). The molecule has 0 aromatic heterocycles. The predicted octanol–water partition coefficient (Wildman–Crippen LogP) is 1.47. The summed E-state index contributed by atoms with van der Waals surface area (Å²) in [7, 11) is 1.60. The highest BCUT2D eigenvalue weighted by Gasteiger charge is 2.28. The number of carbonyl (C=O) groups is 2. The van der Waals surface area contributed by atoms with Crippen molar-refractivity contribution < 1.29 is 19.4 Å². The largest absolute Gasteiger partial charge is 0.481 e. The highest BCUT2D eigenvalue weighted by atomic mass is 32.2. The van der Waals surface area contributed by atoms with Crippen LogP contribution in [0.15, 0.2) is 29.2 Å². The Morgan fingerprint density at radius 3 is 2.95 bits per heavy atom. The topological polar surface area (TPSA) is 66.8 Å². The van der Waals surface area contributed by atoms with Crippen molar-refractivity contribution >= 4 is 23.6 Å². The number of carboxylic acid groups (broad SMARTS) is 1. The molecule has 0 bridgehead atoms. The third kappa shape index (κ3) is 3.41. The van der Waals surface area contributed by atoms with E-state index in [1.807, 2.05) is 24.3 Å². The van der Waals surface area contributed by atoms with Crippen molar-refractivity contribution in [2.45, 2.75) is 17.4 Å². The Hall–Kier alpha value is -1.69. The standard InChI is InChI=1S/C13H15NO4S/c1-14(7-6-12(15)16)13(17)10-8-19-11-5-3-2-4-9(11)18-10/h2-5,10H,6-8H2,1H3,(H,15,16). The zero-order valence-electron chi connectivity index (χ0n) is 10.5. The van der Waals surface area contributed by atoms with Gasteiger partial charge in [-0.25, -0.2) is 0 Å². The minimum Gasteiger partial charge on any atom is -0.481 e. The van der Waals surface area contributed by atoms with Crippen LogP contribution < -0.4 is 4.74 Å². The Balaban J connectivity index is 1.96. The van der Waals surface area contributed by atoms with Gasteiger partial charge in [-0.1, -0.05) is 12.1 Å². The van der Waals surface area contributed by atoms with E-state index >= 15 is 0 Å². The number of hydrogen-bond donors (Lipinski definition) is 1. The number of benzene rings is 1. The van der Waals surface area contributed by atoms with Crippen molar-refractivity contribution in [3.05, 3.63) is 24.3 Å². The van der Waals surface area contributed by atoms with Gasteiger partial charge in [0, 0.05) is 24.2 Å². The molecule has 1 heterocycles. The van der Waals surface area contributed by atoms with Gasteiger partial charge in [0.05, 0.1) is 6.42 Å². The smallest absolute Gasteiger partial charge is 0.305 e. The maximum absolute atomic E-state index is 12.1. The molecule has 5 nitrogen and oxygen atoms in total. The molecule has 1 aliphatic heterocycles. The molecule has 0 spiro atoms. The number of amides is 1. The van der Waals surface area contributed by atoms with Gasteiger partial charge in [0.15, 0.2) is 6.10 Å². The lowest BCUT2D eigenvalue weighted by molar-refractivity contribution is -0.140. The molecule has 1 aliphatic rings. The number of para-hydroxylation sites is 1. The number of nitrogens with zero attached hydrogens (tertiary/aromatic N) is 1. The summed E-state index contributed by atoms with van der Waals surface area (Å²) < 4.78 is 5.66. The van der Waals surface area contributed by atoms with Crippen LogP contribution in [0.1, 0.15) is 6.42 Å². The second-order valence-electron chi connectivity index (χ2n) is 4.27. The van der Waals surface area contributed by atoms with E-state index in [1.165, 1.54) is 4.90 Å². The summed E-state index contributed by atoms with van der Waals surface area (Å²) in [4.78, 5) is 25.0. The Morgan fingerprint density at radius 1 is 1.47 bits per heavy atom. The van der Waals surface area contributed by atoms with E-state index in [9.17, 15) is 9.59 Å². The molecule has 102 valence electrons. The zero-order chi connectivity index (χ0) is 13.8. The molecule has 19 heavy (non-hydrogen) atoms. The van der Waals surface area contributed by atoms with Crippen molar-refractivity contribution in [1.82, 2.24) is 4.90 Å². The number of carboxylic acids is 1. The van der Waals surface area contributed by atoms with Crippen LogP contribution in [0.4, 0.5) is 0 Å². The van der Waals surface area contributed by atoms with Gasteiger partial charge in [-0.15, -0.1) is 11.8 Å². The van der Waals surface area contributed by atoms with Gasteiger partial charge in [0.25, 0.3) is 5.91 Å². The molecule has 0 saturated heterocycles. The number of rotatable bonds is 4. The van der Waals surface area contributed by atoms with Crippen LogP contribution in [-0.2, 0) is 9.59 Å². The van der Waals surface area contributed by atoms with E-state index in [2.05, 4.69) is 0 Å². The number of thioether (sulfide) groups is 1. The summed E-state index contributed by atoms with van der Waals surface area (Å²) in [6.45, 7) is 0.195. The van der Waals surface area contributed by atoms with Crippen molar-refractivity contribution in [3.63, 3.8) is 0 Å². The van der Waals surface area contributed by atoms with Gasteiger partial charge < -0.3 is 14.7 Å². The molecule has 6 heteroatoms. The van der Waals surface area contributed by atoms with E-state index < -0.39 is 12.1 Å². The lowest BCUT2D eigenvalue weighted by Crippen LogP contribution is -2.43. The van der Waals surface area contributed by atoms with Gasteiger partial charge in [-0.05, 0) is 12.1 Å². The van der Waals surface area contributed by atoms with Crippen molar-refractivity contribution in [2.24, 2.45) is 0 Å². The van der Waals surface area contributed by atoms with Crippen molar-refractivity contribution in [3.8, 4) is 5.75 Å². The van der Waals surface area contributed by atoms with E-state index in [1.54, 1.807) is 18.8 Å². The molecule has 1 N–H and O–H groups in total. The molecule has 1 unspecified atom stereocenters. The molecular weight excluding hydrogens is 266 g/mol. The number of aliphatic carboxylic acids is 1. The number of hydrogen-bond acceptors (Lipinski definition) is 4. The number of likely N-dealkylation sites (N-methyl/N-ethyl adjacent to an activating group) is 1. The molecule has 1 amide bonds. The maximum atomic E-state index is 12.1. The Kier molecular flexibility index (Phi) is 4.31. The normalized spacial score (nSPS) is 17.2. The summed E-state index contributed by atoms with van der Waals surface area (Å²) in [5.74, 6) is 0.170. The van der Waals surface area contributed by atoms with Gasteiger partial charge in [0.1, 0.15) is 5.75 Å². The number of fused-ring (bicyclic) bond motifs is 1.